The van der Waals surface area contributed by atoms with Crippen molar-refractivity contribution >= 4 is 68.4 Å². The molecule has 0 saturated carbocycles. The molecule has 162 valence electrons. The maximum Gasteiger partial charge on any atom is 0.261 e. The second-order valence-electron chi connectivity index (χ2n) is 6.74. The third-order valence-electron chi connectivity index (χ3n) is 4.47. The van der Waals surface area contributed by atoms with E-state index in [1.54, 1.807) is 35.9 Å². The highest BCUT2D eigenvalue weighted by Gasteiger charge is 2.24. The molecule has 1 amide bonds. The lowest BCUT2D eigenvalue weighted by atomic mass is 10.2. The smallest absolute Gasteiger partial charge is 0.261 e. The fraction of sp³-hybridized carbons (Fsp3) is 0.333. The summed E-state index contributed by atoms with van der Waals surface area (Å²) in [5.41, 5.74) is 1.37. The van der Waals surface area contributed by atoms with E-state index >= 15 is 0 Å². The average molecular weight is 486 g/mol. The molecule has 0 aliphatic rings. The second kappa shape index (κ2) is 11.2. The number of anilines is 1. The zero-order chi connectivity index (χ0) is 21.0. The van der Waals surface area contributed by atoms with E-state index in [2.05, 4.69) is 4.90 Å². The quantitative estimate of drug-likeness (QED) is 0.382. The van der Waals surface area contributed by atoms with Crippen LogP contribution in [0.15, 0.2) is 41.3 Å². The maximum atomic E-state index is 13.5. The Morgan fingerprint density at radius 1 is 1.20 bits per heavy atom. The van der Waals surface area contributed by atoms with Gasteiger partial charge in [0.05, 0.1) is 22.4 Å². The number of hydrogen-bond donors (Lipinski definition) is 0. The van der Waals surface area contributed by atoms with Crippen LogP contribution in [0.5, 0.6) is 5.75 Å². The highest BCUT2D eigenvalue weighted by Crippen LogP contribution is 2.39. The van der Waals surface area contributed by atoms with E-state index in [0.717, 1.165) is 22.6 Å². The molecule has 0 saturated heterocycles. The van der Waals surface area contributed by atoms with Crippen LogP contribution in [0.2, 0.25) is 5.02 Å². The monoisotopic (exact) mass is 485 g/mol. The summed E-state index contributed by atoms with van der Waals surface area (Å²) in [7, 11) is 5.66. The number of halogens is 2. The first kappa shape index (κ1) is 24.8. The Morgan fingerprint density at radius 3 is 2.60 bits per heavy atom. The Balaban J connectivity index is 0.00000320. The summed E-state index contributed by atoms with van der Waals surface area (Å²) in [6.07, 6.45) is 2.81. The van der Waals surface area contributed by atoms with Crippen molar-refractivity contribution in [2.45, 2.75) is 11.3 Å². The molecule has 5 nitrogen and oxygen atoms in total. The zero-order valence-electron chi connectivity index (χ0n) is 17.3. The minimum absolute atomic E-state index is 0. The number of amides is 1. The number of thiazole rings is 1. The van der Waals surface area contributed by atoms with Gasteiger partial charge in [-0.25, -0.2) is 4.98 Å². The molecule has 0 unspecified atom stereocenters. The number of hydrogen-bond acceptors (Lipinski definition) is 6. The molecule has 1 aromatic heterocycles. The van der Waals surface area contributed by atoms with Gasteiger partial charge in [0.25, 0.3) is 5.91 Å². The lowest BCUT2D eigenvalue weighted by Crippen LogP contribution is -2.33. The molecule has 2 aromatic carbocycles. The molecule has 0 fully saturated rings. The molecular weight excluding hydrogens is 461 g/mol. The zero-order valence-corrected chi connectivity index (χ0v) is 20.6. The standard InChI is InChI=1S/C21H24ClN3O2S2.ClH/c1-24(2)12-7-13-25(20(26)14-8-5-6-9-17(14)28-4)21-23-18-16(27-3)11-10-15(22)19(18)29-21;/h5-6,8-11H,7,12-13H2,1-4H3;1H. The summed E-state index contributed by atoms with van der Waals surface area (Å²) in [5, 5.41) is 1.24. The van der Waals surface area contributed by atoms with Gasteiger partial charge in [-0.2, -0.15) is 0 Å². The van der Waals surface area contributed by atoms with Crippen LogP contribution >= 0.6 is 47.1 Å². The predicted molar refractivity (Wildman–Crippen MR) is 132 cm³/mol. The second-order valence-corrected chi connectivity index (χ2v) is 8.97. The van der Waals surface area contributed by atoms with E-state index < -0.39 is 0 Å². The lowest BCUT2D eigenvalue weighted by molar-refractivity contribution is 0.0983. The van der Waals surface area contributed by atoms with Crippen molar-refractivity contribution in [3.63, 3.8) is 0 Å². The molecule has 30 heavy (non-hydrogen) atoms. The molecule has 1 heterocycles. The summed E-state index contributed by atoms with van der Waals surface area (Å²) in [6.45, 7) is 1.45. The summed E-state index contributed by atoms with van der Waals surface area (Å²) in [6, 6.07) is 11.3. The Bertz CT molecular complexity index is 1010. The van der Waals surface area contributed by atoms with E-state index in [4.69, 9.17) is 21.3 Å². The molecule has 0 atom stereocenters. The Kier molecular flexibility index (Phi) is 9.25. The summed E-state index contributed by atoms with van der Waals surface area (Å²) >= 11 is 9.38. The van der Waals surface area contributed by atoms with Gasteiger partial charge in [0, 0.05) is 11.4 Å². The normalized spacial score (nSPS) is 10.9. The van der Waals surface area contributed by atoms with Crippen LogP contribution < -0.4 is 9.64 Å². The molecule has 0 bridgehead atoms. The number of methoxy groups -OCH3 is 1. The van der Waals surface area contributed by atoms with Crippen molar-refractivity contribution in [3.8, 4) is 5.75 Å². The maximum absolute atomic E-state index is 13.5. The van der Waals surface area contributed by atoms with E-state index in [-0.39, 0.29) is 18.3 Å². The predicted octanol–water partition coefficient (Wildman–Crippen LogP) is 5.70. The van der Waals surface area contributed by atoms with Gasteiger partial charge < -0.3 is 9.64 Å². The van der Waals surface area contributed by atoms with Crippen molar-refractivity contribution in [1.82, 2.24) is 9.88 Å². The van der Waals surface area contributed by atoms with Crippen LogP contribution in [0.4, 0.5) is 5.13 Å². The first-order valence-electron chi connectivity index (χ1n) is 9.19. The summed E-state index contributed by atoms with van der Waals surface area (Å²) in [5.74, 6) is 0.597. The topological polar surface area (TPSA) is 45.7 Å². The number of carbonyl (C=O) groups excluding carboxylic acids is 1. The number of thioether (sulfide) groups is 1. The summed E-state index contributed by atoms with van der Waals surface area (Å²) < 4.78 is 6.27. The number of aromatic nitrogens is 1. The van der Waals surface area contributed by atoms with E-state index in [1.165, 1.54) is 11.3 Å². The van der Waals surface area contributed by atoms with Crippen molar-refractivity contribution in [2.24, 2.45) is 0 Å². The number of nitrogens with zero attached hydrogens (tertiary/aromatic N) is 3. The van der Waals surface area contributed by atoms with E-state index in [1.807, 2.05) is 44.6 Å². The Morgan fingerprint density at radius 2 is 1.93 bits per heavy atom. The molecule has 0 aliphatic carbocycles. The van der Waals surface area contributed by atoms with Crippen LogP contribution in [-0.4, -0.2) is 56.3 Å². The van der Waals surface area contributed by atoms with Gasteiger partial charge in [-0.1, -0.05) is 35.1 Å². The van der Waals surface area contributed by atoms with Crippen molar-refractivity contribution in [3.05, 3.63) is 47.0 Å². The van der Waals surface area contributed by atoms with Gasteiger partial charge in [0.15, 0.2) is 5.13 Å². The van der Waals surface area contributed by atoms with Gasteiger partial charge in [-0.05, 0) is 57.6 Å². The minimum atomic E-state index is -0.0529. The van der Waals surface area contributed by atoms with Gasteiger partial charge in [-0.15, -0.1) is 24.2 Å². The molecular formula is C21H25Cl2N3O2S2. The molecule has 9 heteroatoms. The van der Waals surface area contributed by atoms with E-state index in [0.29, 0.717) is 33.5 Å². The number of ether oxygens (including phenoxy) is 1. The molecule has 3 aromatic rings. The average Bonchev–Trinajstić information content (AvgIpc) is 3.17. The Hall–Kier alpha value is -1.51. The van der Waals surface area contributed by atoms with Gasteiger partial charge in [-0.3, -0.25) is 9.69 Å². The highest BCUT2D eigenvalue weighted by molar-refractivity contribution is 7.98. The van der Waals surface area contributed by atoms with Crippen LogP contribution in [-0.2, 0) is 0 Å². The number of fused-ring (bicyclic) bond motifs is 1. The van der Waals surface area contributed by atoms with Crippen LogP contribution in [0.25, 0.3) is 10.2 Å². The molecule has 3 rings (SSSR count). The number of rotatable bonds is 8. The third kappa shape index (κ3) is 5.39. The van der Waals surface area contributed by atoms with Gasteiger partial charge in [0.2, 0.25) is 0 Å². The fourth-order valence-electron chi connectivity index (χ4n) is 3.02. The minimum Gasteiger partial charge on any atom is -0.494 e. The van der Waals surface area contributed by atoms with Crippen LogP contribution in [0.3, 0.4) is 0 Å². The fourth-order valence-corrected chi connectivity index (χ4v) is 4.89. The lowest BCUT2D eigenvalue weighted by Gasteiger charge is -2.22. The number of benzene rings is 2. The van der Waals surface area contributed by atoms with Gasteiger partial charge in [0.1, 0.15) is 11.3 Å². The van der Waals surface area contributed by atoms with Crippen molar-refractivity contribution in [2.75, 3.05) is 45.5 Å². The molecule has 0 aliphatic heterocycles. The third-order valence-corrected chi connectivity index (χ3v) is 6.80. The number of carbonyl (C=O) groups is 1. The Labute approximate surface area is 196 Å². The molecule has 0 N–H and O–H groups in total. The highest BCUT2D eigenvalue weighted by atomic mass is 35.5. The largest absolute Gasteiger partial charge is 0.494 e. The van der Waals surface area contributed by atoms with Crippen molar-refractivity contribution < 1.29 is 9.53 Å². The molecule has 0 radical (unpaired) electrons. The first-order chi connectivity index (χ1) is 14.0. The first-order valence-corrected chi connectivity index (χ1v) is 11.6. The van der Waals surface area contributed by atoms with E-state index in [9.17, 15) is 4.79 Å². The van der Waals surface area contributed by atoms with Crippen LogP contribution in [0.1, 0.15) is 16.8 Å². The SMILES string of the molecule is COc1ccc(Cl)c2sc(N(CCCN(C)C)C(=O)c3ccccc3SC)nc12.Cl. The van der Waals surface area contributed by atoms with Crippen LogP contribution in [0, 0.1) is 0 Å². The molecule has 0 spiro atoms. The van der Waals surface area contributed by atoms with Crippen molar-refractivity contribution in [1.29, 1.82) is 0 Å². The van der Waals surface area contributed by atoms with Gasteiger partial charge >= 0.3 is 0 Å². The summed E-state index contributed by atoms with van der Waals surface area (Å²) in [4.78, 5) is 23.1.